The van der Waals surface area contributed by atoms with Gasteiger partial charge in [-0.1, -0.05) is 0 Å². The largest absolute Gasteiger partial charge is 0.504 e. The van der Waals surface area contributed by atoms with Gasteiger partial charge in [-0.3, -0.25) is 0 Å². The number of hydrogen-bond donors (Lipinski definition) is 2. The molecule has 16 heavy (non-hydrogen) atoms. The molecule has 1 aromatic rings. The van der Waals surface area contributed by atoms with E-state index in [0.717, 1.165) is 0 Å². The van der Waals surface area contributed by atoms with Crippen molar-refractivity contribution in [1.82, 2.24) is 5.43 Å². The number of nitrogens with zero attached hydrogens (tertiary/aromatic N) is 1. The number of methoxy groups -OCH3 is 2. The number of rotatable bonds is 3. The molecule has 0 aliphatic rings. The van der Waals surface area contributed by atoms with Crippen molar-refractivity contribution < 1.29 is 19.4 Å². The summed E-state index contributed by atoms with van der Waals surface area (Å²) in [6.07, 6.45) is 0.713. The van der Waals surface area contributed by atoms with Crippen LogP contribution in [0.3, 0.4) is 0 Å². The first-order valence-electron chi connectivity index (χ1n) is 4.41. The Morgan fingerprint density at radius 2 is 2.25 bits per heavy atom. The lowest BCUT2D eigenvalue weighted by Gasteiger charge is -2.02. The average molecular weight is 224 g/mol. The van der Waals surface area contributed by atoms with Crippen molar-refractivity contribution in [1.29, 1.82) is 0 Å². The normalized spacial score (nSPS) is 10.1. The van der Waals surface area contributed by atoms with E-state index in [1.165, 1.54) is 26.5 Å². The molecular weight excluding hydrogens is 212 g/mol. The lowest BCUT2D eigenvalue weighted by molar-refractivity contribution is 0.171. The zero-order valence-electron chi connectivity index (χ0n) is 8.93. The Morgan fingerprint density at radius 1 is 1.50 bits per heavy atom. The van der Waals surface area contributed by atoms with Gasteiger partial charge in [-0.05, 0) is 23.8 Å². The molecule has 0 saturated carbocycles. The van der Waals surface area contributed by atoms with E-state index in [-0.39, 0.29) is 5.75 Å². The van der Waals surface area contributed by atoms with Gasteiger partial charge < -0.3 is 14.6 Å². The van der Waals surface area contributed by atoms with Crippen LogP contribution in [0.1, 0.15) is 5.56 Å². The summed E-state index contributed by atoms with van der Waals surface area (Å²) >= 11 is 0. The third-order valence-electron chi connectivity index (χ3n) is 1.76. The van der Waals surface area contributed by atoms with E-state index in [2.05, 4.69) is 15.3 Å². The summed E-state index contributed by atoms with van der Waals surface area (Å²) in [5, 5.41) is 13.1. The Hall–Kier alpha value is -2.24. The molecule has 0 saturated heterocycles. The van der Waals surface area contributed by atoms with E-state index in [1.54, 1.807) is 12.1 Å². The van der Waals surface area contributed by atoms with Crippen LogP contribution < -0.4 is 10.2 Å². The minimum absolute atomic E-state index is 0.00418. The predicted molar refractivity (Wildman–Crippen MR) is 57.8 cm³/mol. The third-order valence-corrected chi connectivity index (χ3v) is 1.76. The molecule has 1 aromatic carbocycles. The first kappa shape index (κ1) is 11.8. The monoisotopic (exact) mass is 224 g/mol. The molecule has 6 nitrogen and oxygen atoms in total. The number of aromatic hydroxyl groups is 1. The van der Waals surface area contributed by atoms with Gasteiger partial charge in [0.15, 0.2) is 11.5 Å². The Kier molecular flexibility index (Phi) is 4.14. The number of ether oxygens (including phenoxy) is 2. The molecule has 0 heterocycles. The maximum atomic E-state index is 10.7. The number of hydrazone groups is 1. The summed E-state index contributed by atoms with van der Waals surface area (Å²) in [4.78, 5) is 10.7. The van der Waals surface area contributed by atoms with Gasteiger partial charge in [0, 0.05) is 0 Å². The Labute approximate surface area is 92.5 Å². The summed E-state index contributed by atoms with van der Waals surface area (Å²) in [5.74, 6) is 0.377. The summed E-state index contributed by atoms with van der Waals surface area (Å²) in [6, 6.07) is 4.73. The Morgan fingerprint density at radius 3 is 2.81 bits per heavy atom. The molecule has 86 valence electrons. The first-order chi connectivity index (χ1) is 7.67. The fourth-order valence-corrected chi connectivity index (χ4v) is 0.992. The number of benzene rings is 1. The van der Waals surface area contributed by atoms with E-state index in [9.17, 15) is 9.90 Å². The second-order valence-electron chi connectivity index (χ2n) is 2.79. The molecule has 2 N–H and O–H groups in total. The van der Waals surface area contributed by atoms with Gasteiger partial charge in [-0.25, -0.2) is 10.2 Å². The molecule has 0 atom stereocenters. The number of nitrogens with one attached hydrogen (secondary N) is 1. The van der Waals surface area contributed by atoms with Gasteiger partial charge in [0.1, 0.15) is 0 Å². The number of amides is 1. The van der Waals surface area contributed by atoms with Crippen molar-refractivity contribution in [2.45, 2.75) is 0 Å². The van der Waals surface area contributed by atoms with Crippen LogP contribution in [0.4, 0.5) is 4.79 Å². The highest BCUT2D eigenvalue weighted by Gasteiger charge is 2.00. The van der Waals surface area contributed by atoms with E-state index in [0.29, 0.717) is 11.3 Å². The lowest BCUT2D eigenvalue weighted by atomic mass is 10.2. The quantitative estimate of drug-likeness (QED) is 0.595. The highest BCUT2D eigenvalue weighted by atomic mass is 16.5. The Bertz CT molecular complexity index is 404. The number of phenolic OH excluding ortho intramolecular Hbond substituents is 1. The molecule has 0 aliphatic heterocycles. The van der Waals surface area contributed by atoms with Gasteiger partial charge >= 0.3 is 6.09 Å². The van der Waals surface area contributed by atoms with Crippen molar-refractivity contribution >= 4 is 12.3 Å². The molecule has 0 fully saturated rings. The van der Waals surface area contributed by atoms with Crippen LogP contribution >= 0.6 is 0 Å². The maximum absolute atomic E-state index is 10.7. The second kappa shape index (κ2) is 5.59. The van der Waals surface area contributed by atoms with Crippen LogP contribution in [0.2, 0.25) is 0 Å². The highest BCUT2D eigenvalue weighted by Crippen LogP contribution is 2.25. The van der Waals surface area contributed by atoms with Gasteiger partial charge in [0.25, 0.3) is 0 Å². The molecule has 0 unspecified atom stereocenters. The average Bonchev–Trinajstić information content (AvgIpc) is 2.29. The second-order valence-corrected chi connectivity index (χ2v) is 2.79. The van der Waals surface area contributed by atoms with Crippen LogP contribution in [0, 0.1) is 0 Å². The van der Waals surface area contributed by atoms with E-state index >= 15 is 0 Å². The molecule has 0 aliphatic carbocycles. The van der Waals surface area contributed by atoms with Crippen molar-refractivity contribution in [3.63, 3.8) is 0 Å². The summed E-state index contributed by atoms with van der Waals surface area (Å²) in [7, 11) is 2.70. The van der Waals surface area contributed by atoms with E-state index in [4.69, 9.17) is 4.74 Å². The third kappa shape index (κ3) is 3.16. The van der Waals surface area contributed by atoms with Crippen LogP contribution in [-0.4, -0.2) is 31.6 Å². The maximum Gasteiger partial charge on any atom is 0.427 e. The fourth-order valence-electron chi connectivity index (χ4n) is 0.992. The van der Waals surface area contributed by atoms with Crippen LogP contribution in [0.25, 0.3) is 0 Å². The SMILES string of the molecule is COC(=O)N/N=C\c1ccc(OC)c(O)c1. The number of hydrogen-bond acceptors (Lipinski definition) is 5. The standard InChI is InChI=1S/C10H12N2O4/c1-15-9-4-3-7(5-8(9)13)6-11-12-10(14)16-2/h3-6,13H,1-2H3,(H,12,14)/b11-6-. The first-order valence-corrected chi connectivity index (χ1v) is 4.41. The predicted octanol–water partition coefficient (Wildman–Crippen LogP) is 1.09. The molecule has 6 heteroatoms. The molecule has 0 radical (unpaired) electrons. The van der Waals surface area contributed by atoms with Crippen LogP contribution in [0.15, 0.2) is 23.3 Å². The van der Waals surface area contributed by atoms with E-state index in [1.807, 2.05) is 0 Å². The fraction of sp³-hybridized carbons (Fsp3) is 0.200. The smallest absolute Gasteiger partial charge is 0.427 e. The minimum atomic E-state index is -0.658. The topological polar surface area (TPSA) is 80.2 Å². The minimum Gasteiger partial charge on any atom is -0.504 e. The van der Waals surface area contributed by atoms with E-state index < -0.39 is 6.09 Å². The molecule has 0 aromatic heterocycles. The van der Waals surface area contributed by atoms with Crippen molar-refractivity contribution in [3.05, 3.63) is 23.8 Å². The van der Waals surface area contributed by atoms with Crippen molar-refractivity contribution in [3.8, 4) is 11.5 Å². The lowest BCUT2D eigenvalue weighted by Crippen LogP contribution is -2.16. The van der Waals surface area contributed by atoms with Crippen LogP contribution in [-0.2, 0) is 4.74 Å². The summed E-state index contributed by atoms with van der Waals surface area (Å²) < 4.78 is 9.19. The highest BCUT2D eigenvalue weighted by molar-refractivity contribution is 5.81. The number of carbonyl (C=O) groups excluding carboxylic acids is 1. The van der Waals surface area contributed by atoms with Crippen LogP contribution in [0.5, 0.6) is 11.5 Å². The molecule has 1 rings (SSSR count). The number of phenols is 1. The van der Waals surface area contributed by atoms with Gasteiger partial charge in [-0.2, -0.15) is 5.10 Å². The zero-order chi connectivity index (χ0) is 12.0. The zero-order valence-corrected chi connectivity index (χ0v) is 8.93. The molecule has 1 amide bonds. The summed E-state index contributed by atoms with van der Waals surface area (Å²) in [6.45, 7) is 0. The van der Waals surface area contributed by atoms with Crippen molar-refractivity contribution in [2.75, 3.05) is 14.2 Å². The van der Waals surface area contributed by atoms with Gasteiger partial charge in [-0.15, -0.1) is 0 Å². The van der Waals surface area contributed by atoms with Gasteiger partial charge in [0.05, 0.1) is 20.4 Å². The molecular formula is C10H12N2O4. The van der Waals surface area contributed by atoms with Gasteiger partial charge in [0.2, 0.25) is 0 Å². The Balaban J connectivity index is 2.68. The number of carbonyl (C=O) groups is 1. The van der Waals surface area contributed by atoms with Crippen molar-refractivity contribution in [2.24, 2.45) is 5.10 Å². The molecule has 0 bridgehead atoms. The summed E-state index contributed by atoms with van der Waals surface area (Å²) in [5.41, 5.74) is 2.74. The molecule has 0 spiro atoms.